The van der Waals surface area contributed by atoms with E-state index >= 15 is 0 Å². The molecule has 2 N–H and O–H groups in total. The molecule has 3 heterocycles. The van der Waals surface area contributed by atoms with Gasteiger partial charge >= 0.3 is 0 Å². The molecular formula is C24H27F2N5O. The molecule has 0 radical (unpaired) electrons. The SMILES string of the molecule is Fc1ccc(OCCC2CC(C3CCCN3Cc3ccc4nccnc4c3)NN2)cc1F. The van der Waals surface area contributed by atoms with E-state index < -0.39 is 11.6 Å². The van der Waals surface area contributed by atoms with Crippen molar-refractivity contribution in [2.75, 3.05) is 13.2 Å². The van der Waals surface area contributed by atoms with Crippen LogP contribution in [0.4, 0.5) is 8.78 Å². The van der Waals surface area contributed by atoms with Gasteiger partial charge in [-0.25, -0.2) is 8.78 Å². The van der Waals surface area contributed by atoms with Crippen molar-refractivity contribution in [1.82, 2.24) is 25.7 Å². The van der Waals surface area contributed by atoms with Crippen molar-refractivity contribution in [2.45, 2.75) is 50.4 Å². The van der Waals surface area contributed by atoms with E-state index in [9.17, 15) is 8.78 Å². The third-order valence-corrected chi connectivity index (χ3v) is 6.44. The molecule has 0 spiro atoms. The van der Waals surface area contributed by atoms with Gasteiger partial charge in [0.15, 0.2) is 11.6 Å². The predicted octanol–water partition coefficient (Wildman–Crippen LogP) is 3.58. The molecule has 8 heteroatoms. The van der Waals surface area contributed by atoms with Gasteiger partial charge in [0.05, 0.1) is 17.6 Å². The van der Waals surface area contributed by atoms with E-state index in [2.05, 4.69) is 37.9 Å². The third-order valence-electron chi connectivity index (χ3n) is 6.44. The maximum Gasteiger partial charge on any atom is 0.162 e. The van der Waals surface area contributed by atoms with Crippen LogP contribution < -0.4 is 15.6 Å². The number of benzene rings is 2. The fraction of sp³-hybridized carbons (Fsp3) is 0.417. The molecule has 3 atom stereocenters. The van der Waals surface area contributed by atoms with Gasteiger partial charge in [0.2, 0.25) is 0 Å². The predicted molar refractivity (Wildman–Crippen MR) is 118 cm³/mol. The highest BCUT2D eigenvalue weighted by atomic mass is 19.2. The first kappa shape index (κ1) is 21.2. The molecule has 2 saturated heterocycles. The van der Waals surface area contributed by atoms with Gasteiger partial charge in [-0.3, -0.25) is 25.7 Å². The van der Waals surface area contributed by atoms with Gasteiger partial charge in [-0.15, -0.1) is 0 Å². The Bertz CT molecular complexity index is 1080. The van der Waals surface area contributed by atoms with Crippen LogP contribution in [0.25, 0.3) is 11.0 Å². The smallest absolute Gasteiger partial charge is 0.162 e. The van der Waals surface area contributed by atoms with E-state index in [0.717, 1.165) is 49.1 Å². The number of hydrogen-bond donors (Lipinski definition) is 2. The topological polar surface area (TPSA) is 62.3 Å². The summed E-state index contributed by atoms with van der Waals surface area (Å²) >= 11 is 0. The second-order valence-electron chi connectivity index (χ2n) is 8.60. The second kappa shape index (κ2) is 9.44. The summed E-state index contributed by atoms with van der Waals surface area (Å²) in [7, 11) is 0. The highest BCUT2D eigenvalue weighted by Gasteiger charge is 2.36. The Morgan fingerprint density at radius 2 is 1.88 bits per heavy atom. The molecule has 5 rings (SSSR count). The molecule has 2 aliphatic heterocycles. The van der Waals surface area contributed by atoms with E-state index in [1.807, 2.05) is 6.07 Å². The number of hydrazine groups is 1. The van der Waals surface area contributed by atoms with Gasteiger partial charge < -0.3 is 4.74 Å². The minimum atomic E-state index is -0.886. The minimum absolute atomic E-state index is 0.281. The number of rotatable bonds is 7. The van der Waals surface area contributed by atoms with Gasteiger partial charge in [0.25, 0.3) is 0 Å². The van der Waals surface area contributed by atoms with E-state index in [0.29, 0.717) is 24.4 Å². The van der Waals surface area contributed by atoms with Crippen molar-refractivity contribution in [1.29, 1.82) is 0 Å². The van der Waals surface area contributed by atoms with Gasteiger partial charge in [-0.2, -0.15) is 0 Å². The number of aromatic nitrogens is 2. The first-order valence-corrected chi connectivity index (χ1v) is 11.2. The molecule has 2 fully saturated rings. The van der Waals surface area contributed by atoms with Gasteiger partial charge in [0.1, 0.15) is 5.75 Å². The molecule has 0 bridgehead atoms. The van der Waals surface area contributed by atoms with Crippen LogP contribution in [0.2, 0.25) is 0 Å². The van der Waals surface area contributed by atoms with Crippen LogP contribution in [0.1, 0.15) is 31.2 Å². The van der Waals surface area contributed by atoms with Crippen LogP contribution in [-0.4, -0.2) is 46.1 Å². The summed E-state index contributed by atoms with van der Waals surface area (Å²) in [4.78, 5) is 11.3. The molecule has 0 amide bonds. The van der Waals surface area contributed by atoms with Gasteiger partial charge in [0, 0.05) is 43.1 Å². The summed E-state index contributed by atoms with van der Waals surface area (Å²) in [5.41, 5.74) is 9.98. The van der Waals surface area contributed by atoms with E-state index in [1.54, 1.807) is 12.4 Å². The lowest BCUT2D eigenvalue weighted by atomic mass is 9.99. The zero-order chi connectivity index (χ0) is 21.9. The summed E-state index contributed by atoms with van der Waals surface area (Å²) in [5, 5.41) is 0. The number of ether oxygens (including phenoxy) is 1. The summed E-state index contributed by atoms with van der Waals surface area (Å²) < 4.78 is 32.0. The lowest BCUT2D eigenvalue weighted by Gasteiger charge is -2.29. The average molecular weight is 440 g/mol. The Hall–Kier alpha value is -2.68. The Balaban J connectivity index is 1.14. The Morgan fingerprint density at radius 3 is 2.75 bits per heavy atom. The van der Waals surface area contributed by atoms with Crippen LogP contribution in [0.3, 0.4) is 0 Å². The first-order chi connectivity index (χ1) is 15.7. The zero-order valence-electron chi connectivity index (χ0n) is 17.8. The molecule has 0 saturated carbocycles. The monoisotopic (exact) mass is 439 g/mol. The molecular weight excluding hydrogens is 412 g/mol. The number of likely N-dealkylation sites (tertiary alicyclic amines) is 1. The van der Waals surface area contributed by atoms with Crippen molar-refractivity contribution in [2.24, 2.45) is 0 Å². The van der Waals surface area contributed by atoms with Gasteiger partial charge in [-0.1, -0.05) is 6.07 Å². The lowest BCUT2D eigenvalue weighted by Crippen LogP contribution is -2.45. The van der Waals surface area contributed by atoms with E-state index in [-0.39, 0.29) is 6.04 Å². The summed E-state index contributed by atoms with van der Waals surface area (Å²) in [5.74, 6) is -1.39. The van der Waals surface area contributed by atoms with E-state index in [1.165, 1.54) is 24.5 Å². The quantitative estimate of drug-likeness (QED) is 0.587. The van der Waals surface area contributed by atoms with Crippen LogP contribution in [-0.2, 0) is 6.54 Å². The maximum atomic E-state index is 13.3. The summed E-state index contributed by atoms with van der Waals surface area (Å²) in [6, 6.07) is 11.1. The van der Waals surface area contributed by atoms with Crippen molar-refractivity contribution >= 4 is 11.0 Å². The normalized spacial score (nSPS) is 23.8. The number of halogens is 2. The lowest BCUT2D eigenvalue weighted by molar-refractivity contribution is 0.203. The molecule has 2 aromatic carbocycles. The largest absolute Gasteiger partial charge is 0.493 e. The van der Waals surface area contributed by atoms with Crippen molar-refractivity contribution in [3.8, 4) is 5.75 Å². The number of nitrogens with one attached hydrogen (secondary N) is 2. The Labute approximate surface area is 186 Å². The van der Waals surface area contributed by atoms with E-state index in [4.69, 9.17) is 4.74 Å². The minimum Gasteiger partial charge on any atom is -0.493 e. The first-order valence-electron chi connectivity index (χ1n) is 11.2. The Morgan fingerprint density at radius 1 is 1.00 bits per heavy atom. The third kappa shape index (κ3) is 4.72. The van der Waals surface area contributed by atoms with Crippen LogP contribution in [0.15, 0.2) is 48.8 Å². The summed E-state index contributed by atoms with van der Waals surface area (Å²) in [6.07, 6.45) is 7.61. The molecule has 1 aromatic heterocycles. The molecule has 6 nitrogen and oxygen atoms in total. The number of hydrogen-bond acceptors (Lipinski definition) is 6. The fourth-order valence-corrected chi connectivity index (χ4v) is 4.82. The number of fused-ring (bicyclic) bond motifs is 1. The molecule has 0 aliphatic carbocycles. The van der Waals surface area contributed by atoms with Crippen molar-refractivity contribution in [3.05, 3.63) is 66.0 Å². The van der Waals surface area contributed by atoms with Crippen LogP contribution >= 0.6 is 0 Å². The highest BCUT2D eigenvalue weighted by Crippen LogP contribution is 2.27. The standard InChI is InChI=1S/C24H27F2N5O/c25-19-5-4-18(14-20(19)26)32-11-7-17-13-23(30-29-17)24-2-1-10-31(24)15-16-3-6-21-22(12-16)28-9-8-27-21/h3-6,8-9,12,14,17,23-24,29-30H,1-2,7,10-11,13,15H2. The fourth-order valence-electron chi connectivity index (χ4n) is 4.82. The van der Waals surface area contributed by atoms with Crippen molar-refractivity contribution < 1.29 is 13.5 Å². The van der Waals surface area contributed by atoms with Crippen molar-refractivity contribution in [3.63, 3.8) is 0 Å². The molecule has 3 unspecified atom stereocenters. The molecule has 32 heavy (non-hydrogen) atoms. The molecule has 2 aliphatic rings. The van der Waals surface area contributed by atoms with Crippen LogP contribution in [0, 0.1) is 11.6 Å². The maximum absolute atomic E-state index is 13.3. The summed E-state index contributed by atoms with van der Waals surface area (Å²) in [6.45, 7) is 2.44. The zero-order valence-corrected chi connectivity index (χ0v) is 17.8. The van der Waals surface area contributed by atoms with Gasteiger partial charge in [-0.05, 0) is 62.1 Å². The molecule has 3 aromatic rings. The Kier molecular flexibility index (Phi) is 6.25. The van der Waals surface area contributed by atoms with Crippen LogP contribution in [0.5, 0.6) is 5.75 Å². The highest BCUT2D eigenvalue weighted by molar-refractivity contribution is 5.74. The second-order valence-corrected chi connectivity index (χ2v) is 8.60. The average Bonchev–Trinajstić information content (AvgIpc) is 3.45. The number of nitrogens with zero attached hydrogens (tertiary/aromatic N) is 3. The molecule has 168 valence electrons.